The van der Waals surface area contributed by atoms with Crippen molar-refractivity contribution in [2.75, 3.05) is 18.4 Å². The monoisotopic (exact) mass is 234 g/mol. The van der Waals surface area contributed by atoms with E-state index in [1.165, 1.54) is 0 Å². The number of rotatable bonds is 4. The fourth-order valence-corrected chi connectivity index (χ4v) is 1.92. The van der Waals surface area contributed by atoms with E-state index in [0.29, 0.717) is 18.1 Å². The number of nitrogens with one attached hydrogen (secondary N) is 2. The van der Waals surface area contributed by atoms with Crippen LogP contribution < -0.4 is 15.4 Å². The lowest BCUT2D eigenvalue weighted by atomic mass is 10.3. The van der Waals surface area contributed by atoms with Crippen LogP contribution in [0.3, 0.4) is 0 Å². The standard InChI is InChI=1S/C12H18N4O/c1-8-6-14-12(15-9-4-5-13-7-9)16-11(8)17-10-2-3-10/h6,9-10,13H,2-5,7H2,1H3,(H,14,15,16). The van der Waals surface area contributed by atoms with E-state index < -0.39 is 0 Å². The van der Waals surface area contributed by atoms with Crippen LogP contribution in [-0.2, 0) is 0 Å². The van der Waals surface area contributed by atoms with Crippen LogP contribution in [-0.4, -0.2) is 35.2 Å². The Balaban J connectivity index is 1.70. The molecule has 2 aliphatic rings. The van der Waals surface area contributed by atoms with Gasteiger partial charge in [0.2, 0.25) is 11.8 Å². The predicted octanol–water partition coefficient (Wildman–Crippen LogP) is 1.10. The zero-order valence-electron chi connectivity index (χ0n) is 10.1. The molecule has 1 atom stereocenters. The highest BCUT2D eigenvalue weighted by Gasteiger charge is 2.25. The molecule has 1 unspecified atom stereocenters. The summed E-state index contributed by atoms with van der Waals surface area (Å²) in [5.41, 5.74) is 1.01. The number of anilines is 1. The third-order valence-electron chi connectivity index (χ3n) is 3.12. The van der Waals surface area contributed by atoms with Gasteiger partial charge in [-0.15, -0.1) is 0 Å². The van der Waals surface area contributed by atoms with Crippen LogP contribution in [0.2, 0.25) is 0 Å². The zero-order valence-corrected chi connectivity index (χ0v) is 10.1. The Morgan fingerprint density at radius 3 is 3.00 bits per heavy atom. The zero-order chi connectivity index (χ0) is 11.7. The Bertz CT molecular complexity index is 399. The molecular formula is C12H18N4O. The van der Waals surface area contributed by atoms with E-state index in [-0.39, 0.29) is 0 Å². The van der Waals surface area contributed by atoms with Crippen LogP contribution in [0.15, 0.2) is 6.20 Å². The minimum Gasteiger partial charge on any atom is -0.474 e. The van der Waals surface area contributed by atoms with Gasteiger partial charge in [-0.3, -0.25) is 0 Å². The fraction of sp³-hybridized carbons (Fsp3) is 0.667. The van der Waals surface area contributed by atoms with Gasteiger partial charge in [0.15, 0.2) is 0 Å². The van der Waals surface area contributed by atoms with Crippen LogP contribution in [0, 0.1) is 6.92 Å². The lowest BCUT2D eigenvalue weighted by molar-refractivity contribution is 0.288. The van der Waals surface area contributed by atoms with Gasteiger partial charge in [0.25, 0.3) is 0 Å². The van der Waals surface area contributed by atoms with E-state index >= 15 is 0 Å². The molecule has 5 nitrogen and oxygen atoms in total. The van der Waals surface area contributed by atoms with Gasteiger partial charge in [-0.25, -0.2) is 4.98 Å². The maximum atomic E-state index is 5.75. The van der Waals surface area contributed by atoms with Crippen LogP contribution >= 0.6 is 0 Å². The average Bonchev–Trinajstić information content (AvgIpc) is 2.98. The third kappa shape index (κ3) is 2.66. The van der Waals surface area contributed by atoms with Crippen molar-refractivity contribution in [1.29, 1.82) is 0 Å². The maximum Gasteiger partial charge on any atom is 0.226 e. The molecule has 2 heterocycles. The second-order valence-electron chi connectivity index (χ2n) is 4.83. The Labute approximate surface area is 101 Å². The Morgan fingerprint density at radius 2 is 2.29 bits per heavy atom. The lowest BCUT2D eigenvalue weighted by Crippen LogP contribution is -2.23. The van der Waals surface area contributed by atoms with Crippen molar-refractivity contribution in [3.05, 3.63) is 11.8 Å². The van der Waals surface area contributed by atoms with Crippen molar-refractivity contribution < 1.29 is 4.74 Å². The van der Waals surface area contributed by atoms with E-state index in [1.807, 2.05) is 13.1 Å². The molecule has 1 aliphatic heterocycles. The topological polar surface area (TPSA) is 59.1 Å². The molecular weight excluding hydrogens is 216 g/mol. The lowest BCUT2D eigenvalue weighted by Gasteiger charge is -2.13. The molecule has 2 N–H and O–H groups in total. The second kappa shape index (κ2) is 4.49. The van der Waals surface area contributed by atoms with Gasteiger partial charge in [0, 0.05) is 24.3 Å². The summed E-state index contributed by atoms with van der Waals surface area (Å²) in [6.07, 6.45) is 5.63. The van der Waals surface area contributed by atoms with Gasteiger partial charge >= 0.3 is 0 Å². The molecule has 1 saturated heterocycles. The summed E-state index contributed by atoms with van der Waals surface area (Å²) in [7, 11) is 0. The van der Waals surface area contributed by atoms with E-state index in [9.17, 15) is 0 Å². The van der Waals surface area contributed by atoms with E-state index in [4.69, 9.17) is 4.74 Å². The van der Waals surface area contributed by atoms with Gasteiger partial charge in [0.1, 0.15) is 6.10 Å². The summed E-state index contributed by atoms with van der Waals surface area (Å²) in [5, 5.41) is 6.65. The third-order valence-corrected chi connectivity index (χ3v) is 3.12. The minimum atomic E-state index is 0.379. The van der Waals surface area contributed by atoms with Crippen LogP contribution in [0.25, 0.3) is 0 Å². The molecule has 17 heavy (non-hydrogen) atoms. The number of hydrogen-bond acceptors (Lipinski definition) is 5. The molecule has 0 aromatic carbocycles. The SMILES string of the molecule is Cc1cnc(NC2CCNC2)nc1OC1CC1. The minimum absolute atomic E-state index is 0.379. The Morgan fingerprint density at radius 1 is 1.41 bits per heavy atom. The normalized spacial score (nSPS) is 23.7. The van der Waals surface area contributed by atoms with E-state index in [1.54, 1.807) is 0 Å². The highest BCUT2D eigenvalue weighted by atomic mass is 16.5. The van der Waals surface area contributed by atoms with Gasteiger partial charge in [-0.1, -0.05) is 0 Å². The molecule has 0 radical (unpaired) electrons. The molecule has 1 aromatic heterocycles. The molecule has 92 valence electrons. The summed E-state index contributed by atoms with van der Waals surface area (Å²) in [6, 6.07) is 0.437. The summed E-state index contributed by atoms with van der Waals surface area (Å²) in [5.74, 6) is 1.41. The average molecular weight is 234 g/mol. The number of hydrogen-bond donors (Lipinski definition) is 2. The van der Waals surface area contributed by atoms with Crippen LogP contribution in [0.4, 0.5) is 5.95 Å². The molecule has 0 bridgehead atoms. The molecule has 3 rings (SSSR count). The van der Waals surface area contributed by atoms with Crippen molar-refractivity contribution in [3.63, 3.8) is 0 Å². The largest absolute Gasteiger partial charge is 0.474 e. The summed E-state index contributed by atoms with van der Waals surface area (Å²) < 4.78 is 5.75. The van der Waals surface area contributed by atoms with E-state index in [2.05, 4.69) is 20.6 Å². The van der Waals surface area contributed by atoms with Crippen LogP contribution in [0.5, 0.6) is 5.88 Å². The maximum absolute atomic E-state index is 5.75. The summed E-state index contributed by atoms with van der Waals surface area (Å²) >= 11 is 0. The highest BCUT2D eigenvalue weighted by molar-refractivity contribution is 5.34. The first-order chi connectivity index (χ1) is 8.31. The molecule has 2 fully saturated rings. The predicted molar refractivity (Wildman–Crippen MR) is 65.3 cm³/mol. The van der Waals surface area contributed by atoms with Gasteiger partial charge in [-0.05, 0) is 32.7 Å². The van der Waals surface area contributed by atoms with Crippen molar-refractivity contribution in [3.8, 4) is 5.88 Å². The number of nitrogens with zero attached hydrogens (tertiary/aromatic N) is 2. The number of aromatic nitrogens is 2. The van der Waals surface area contributed by atoms with Crippen LogP contribution in [0.1, 0.15) is 24.8 Å². The van der Waals surface area contributed by atoms with Gasteiger partial charge in [0.05, 0.1) is 0 Å². The highest BCUT2D eigenvalue weighted by Crippen LogP contribution is 2.27. The number of ether oxygens (including phenoxy) is 1. The van der Waals surface area contributed by atoms with E-state index in [0.717, 1.165) is 43.8 Å². The summed E-state index contributed by atoms with van der Waals surface area (Å²) in [6.45, 7) is 4.03. The molecule has 1 aromatic rings. The number of aryl methyl sites for hydroxylation is 1. The van der Waals surface area contributed by atoms with Gasteiger partial charge in [-0.2, -0.15) is 4.98 Å². The molecule has 1 saturated carbocycles. The summed E-state index contributed by atoms with van der Waals surface area (Å²) in [4.78, 5) is 8.74. The van der Waals surface area contributed by atoms with Crippen molar-refractivity contribution in [2.24, 2.45) is 0 Å². The van der Waals surface area contributed by atoms with Crippen molar-refractivity contribution in [1.82, 2.24) is 15.3 Å². The molecule has 1 aliphatic carbocycles. The van der Waals surface area contributed by atoms with Gasteiger partial charge < -0.3 is 15.4 Å². The Kier molecular flexibility index (Phi) is 2.84. The van der Waals surface area contributed by atoms with Crippen molar-refractivity contribution >= 4 is 5.95 Å². The molecule has 0 amide bonds. The molecule has 0 spiro atoms. The van der Waals surface area contributed by atoms with Crippen molar-refractivity contribution in [2.45, 2.75) is 38.3 Å². The smallest absolute Gasteiger partial charge is 0.226 e. The quantitative estimate of drug-likeness (QED) is 0.817. The first-order valence-corrected chi connectivity index (χ1v) is 6.29. The fourth-order valence-electron chi connectivity index (χ4n) is 1.92. The first-order valence-electron chi connectivity index (χ1n) is 6.29. The Hall–Kier alpha value is -1.36. The second-order valence-corrected chi connectivity index (χ2v) is 4.83. The first kappa shape index (κ1) is 10.8. The molecule has 5 heteroatoms.